The molecule has 0 N–H and O–H groups in total. The molecule has 9 aromatic carbocycles. The topological polar surface area (TPSA) is 14.8 Å². The Balaban J connectivity index is 1.21. The van der Waals surface area contributed by atoms with Crippen LogP contribution < -0.4 is 0 Å². The van der Waals surface area contributed by atoms with Crippen molar-refractivity contribution in [2.24, 2.45) is 0 Å². The number of hydrogen-bond donors (Lipinski definition) is 0. The normalized spacial score (nSPS) is 16.8. The number of aromatic nitrogens is 3. The zero-order chi connectivity index (χ0) is 54.9. The summed E-state index contributed by atoms with van der Waals surface area (Å²) in [4.78, 5) is 0. The third-order valence-electron chi connectivity index (χ3n) is 10.3. The lowest BCUT2D eigenvalue weighted by molar-refractivity contribution is 1.15. The quantitative estimate of drug-likeness (QED) is 0.167. The van der Waals surface area contributed by atoms with Crippen molar-refractivity contribution in [3.05, 3.63) is 212 Å². The van der Waals surface area contributed by atoms with E-state index in [0.29, 0.717) is 27.5 Å². The van der Waals surface area contributed by atoms with Gasteiger partial charge < -0.3 is 13.7 Å². The van der Waals surface area contributed by atoms with Gasteiger partial charge in [-0.05, 0) is 101 Å². The first-order valence-corrected chi connectivity index (χ1v) is 18.0. The fourth-order valence-electron chi connectivity index (χ4n) is 7.83. The molecule has 0 unspecified atom stereocenters. The summed E-state index contributed by atoms with van der Waals surface area (Å²) in [6, 6.07) is 13.3. The van der Waals surface area contributed by atoms with Gasteiger partial charge in [-0.3, -0.25) is 0 Å². The van der Waals surface area contributed by atoms with Gasteiger partial charge in [-0.15, -0.1) is 0 Å². The summed E-state index contributed by atoms with van der Waals surface area (Å²) in [7, 11) is 0. The van der Waals surface area contributed by atoms with Gasteiger partial charge in [0.15, 0.2) is 0 Å². The number of hydrogen-bond acceptors (Lipinski definition) is 0. The number of fused-ring (bicyclic) bond motifs is 9. The predicted molar refractivity (Wildman–Crippen MR) is 240 cm³/mol. The Bertz CT molecular complexity index is 4660. The number of rotatable bonds is 5. The minimum absolute atomic E-state index is 0.0105. The lowest BCUT2D eigenvalue weighted by Crippen LogP contribution is -1.96. The molecule has 12 rings (SSSR count). The highest BCUT2D eigenvalue weighted by atomic mass is 15.0. The van der Waals surface area contributed by atoms with Crippen LogP contribution in [0.25, 0.3) is 105 Å². The average molecular weight is 746 g/mol. The standard InChI is InChI=1S/C54H35N3/c1-3-14-36(15-4-1)37-16-13-19-41(32-37)56-50-24-11-8-21-44(50)47-33-38(26-30-52(47)56)39-27-31-53-48(34-39)45-22-9-12-25-51(45)57(53)42-28-29-46-43-20-7-10-23-49(43)55(54(46)35-42)40-17-5-2-6-18-40/h1-35H/i2D,5D,6D,8D,9D,11D,12D,17D,18D,21D,22D,24D,25D,26D,27D,30D,31D,33D,34D,35D. The largest absolute Gasteiger partial charge is 0.309 e. The third-order valence-corrected chi connectivity index (χ3v) is 10.3. The monoisotopic (exact) mass is 745 g/mol. The first-order chi connectivity index (χ1) is 36.6. The molecule has 266 valence electrons. The summed E-state index contributed by atoms with van der Waals surface area (Å²) < 4.78 is 188. The van der Waals surface area contributed by atoms with Crippen LogP contribution in [0.3, 0.4) is 0 Å². The molecule has 3 aromatic heterocycles. The average Bonchev–Trinajstić information content (AvgIpc) is 4.22. The van der Waals surface area contributed by atoms with Crippen LogP contribution in [0.15, 0.2) is 212 Å². The molecule has 0 fully saturated rings. The maximum absolute atomic E-state index is 10.0. The van der Waals surface area contributed by atoms with Gasteiger partial charge in [0.2, 0.25) is 0 Å². The van der Waals surface area contributed by atoms with Crippen molar-refractivity contribution in [1.29, 1.82) is 0 Å². The lowest BCUT2D eigenvalue weighted by atomic mass is 10.0. The number of nitrogens with zero attached hydrogens (tertiary/aromatic N) is 3. The Labute approximate surface area is 357 Å². The van der Waals surface area contributed by atoms with Crippen molar-refractivity contribution in [1.82, 2.24) is 13.7 Å². The fourth-order valence-corrected chi connectivity index (χ4v) is 7.83. The van der Waals surface area contributed by atoms with E-state index in [9.17, 15) is 15.1 Å². The highest BCUT2D eigenvalue weighted by molar-refractivity contribution is 6.14. The van der Waals surface area contributed by atoms with E-state index >= 15 is 0 Å². The molecule has 3 heterocycles. The summed E-state index contributed by atoms with van der Waals surface area (Å²) >= 11 is 0. The van der Waals surface area contributed by atoms with Crippen LogP contribution in [-0.4, -0.2) is 13.7 Å². The Hall–Kier alpha value is -7.62. The molecule has 0 aliphatic heterocycles. The van der Waals surface area contributed by atoms with Crippen LogP contribution in [0.4, 0.5) is 0 Å². The van der Waals surface area contributed by atoms with Crippen molar-refractivity contribution in [3.8, 4) is 39.3 Å². The van der Waals surface area contributed by atoms with Gasteiger partial charge in [-0.1, -0.05) is 133 Å². The van der Waals surface area contributed by atoms with Gasteiger partial charge in [0.1, 0.15) is 0 Å². The van der Waals surface area contributed by atoms with Gasteiger partial charge in [0.25, 0.3) is 0 Å². The maximum Gasteiger partial charge on any atom is 0.0667 e. The fraction of sp³-hybridized carbons (Fsp3) is 0. The zero-order valence-electron chi connectivity index (χ0n) is 49.5. The molecule has 0 amide bonds. The second-order valence-electron chi connectivity index (χ2n) is 13.4. The second-order valence-corrected chi connectivity index (χ2v) is 13.4. The predicted octanol–water partition coefficient (Wildman–Crippen LogP) is 14.3. The number of para-hydroxylation sites is 4. The highest BCUT2D eigenvalue weighted by Crippen LogP contribution is 2.40. The van der Waals surface area contributed by atoms with Crippen molar-refractivity contribution in [3.63, 3.8) is 0 Å². The van der Waals surface area contributed by atoms with Gasteiger partial charge in [0, 0.05) is 49.4 Å². The second kappa shape index (κ2) is 12.5. The molecule has 3 heteroatoms. The van der Waals surface area contributed by atoms with Crippen LogP contribution in [0, 0.1) is 0 Å². The molecular weight excluding hydrogens is 691 g/mol. The van der Waals surface area contributed by atoms with E-state index in [1.54, 1.807) is 48.5 Å². The van der Waals surface area contributed by atoms with E-state index in [-0.39, 0.29) is 60.5 Å². The van der Waals surface area contributed by atoms with E-state index in [4.69, 9.17) is 12.3 Å². The molecule has 0 radical (unpaired) electrons. The maximum atomic E-state index is 10.0. The molecule has 0 saturated carbocycles. The first-order valence-electron chi connectivity index (χ1n) is 28.0. The Morgan fingerprint density at radius 2 is 0.842 bits per heavy atom. The molecular formula is C54H35N3. The molecule has 0 spiro atoms. The van der Waals surface area contributed by atoms with Gasteiger partial charge in [-0.25, -0.2) is 0 Å². The van der Waals surface area contributed by atoms with E-state index < -0.39 is 132 Å². The minimum atomic E-state index is -0.787. The van der Waals surface area contributed by atoms with Crippen molar-refractivity contribution in [2.75, 3.05) is 0 Å². The van der Waals surface area contributed by atoms with E-state index in [1.807, 2.05) is 36.4 Å². The molecule has 57 heavy (non-hydrogen) atoms. The van der Waals surface area contributed by atoms with E-state index in [0.717, 1.165) is 10.1 Å². The van der Waals surface area contributed by atoms with Crippen molar-refractivity contribution >= 4 is 65.4 Å². The summed E-state index contributed by atoms with van der Waals surface area (Å²) in [5.74, 6) is 0. The van der Waals surface area contributed by atoms with Crippen LogP contribution in [-0.2, 0) is 0 Å². The Morgan fingerprint density at radius 3 is 1.56 bits per heavy atom. The van der Waals surface area contributed by atoms with Gasteiger partial charge in [-0.2, -0.15) is 0 Å². The van der Waals surface area contributed by atoms with Crippen LogP contribution in [0.2, 0.25) is 0 Å². The van der Waals surface area contributed by atoms with Crippen molar-refractivity contribution in [2.45, 2.75) is 0 Å². The van der Waals surface area contributed by atoms with E-state index in [2.05, 4.69) is 0 Å². The van der Waals surface area contributed by atoms with Crippen molar-refractivity contribution < 1.29 is 27.4 Å². The SMILES string of the molecule is [2H]c1c([2H])c([2H])c(-n2c3ccccc3c3ccc(-n4c5c([2H])c([2H])c([2H])c([2H])c5c5c([2H])c(-c6c([2H])c([2H])c7c(c6[2H])c6c([2H])c([2H])c([2H])c([2H])c6n7-c6cccc(-c7ccccc7)c6)c([2H])c([2H])c54)c([2H])c32)c([2H])c1[2H]. The third kappa shape index (κ3) is 4.86. The first kappa shape index (κ1) is 17.9. The summed E-state index contributed by atoms with van der Waals surface area (Å²) in [5, 5.41) is -0.168. The molecule has 0 saturated heterocycles. The molecule has 0 bridgehead atoms. The summed E-state index contributed by atoms with van der Waals surface area (Å²) in [5.41, 5.74) is -0.267. The summed E-state index contributed by atoms with van der Waals surface area (Å²) in [6.07, 6.45) is 0. The van der Waals surface area contributed by atoms with Gasteiger partial charge >= 0.3 is 0 Å². The van der Waals surface area contributed by atoms with Crippen LogP contribution in [0.1, 0.15) is 27.4 Å². The van der Waals surface area contributed by atoms with Gasteiger partial charge in [0.05, 0.1) is 60.5 Å². The molecule has 12 aromatic rings. The smallest absolute Gasteiger partial charge is 0.0667 e. The number of benzene rings is 9. The Morgan fingerprint density at radius 1 is 0.281 bits per heavy atom. The van der Waals surface area contributed by atoms with Crippen LogP contribution >= 0.6 is 0 Å². The molecule has 0 aliphatic rings. The zero-order valence-corrected chi connectivity index (χ0v) is 29.5. The van der Waals surface area contributed by atoms with Crippen LogP contribution in [0.5, 0.6) is 0 Å². The minimum Gasteiger partial charge on any atom is -0.309 e. The molecule has 3 nitrogen and oxygen atoms in total. The molecule has 0 atom stereocenters. The Kier molecular flexibility index (Phi) is 3.91. The lowest BCUT2D eigenvalue weighted by Gasteiger charge is -2.12. The molecule has 0 aliphatic carbocycles. The van der Waals surface area contributed by atoms with E-state index in [1.165, 1.54) is 15.2 Å². The summed E-state index contributed by atoms with van der Waals surface area (Å²) in [6.45, 7) is 0. The highest BCUT2D eigenvalue weighted by Gasteiger charge is 2.18.